The fourth-order valence-corrected chi connectivity index (χ4v) is 2.83. The van der Waals surface area contributed by atoms with E-state index >= 15 is 0 Å². The van der Waals surface area contributed by atoms with Gasteiger partial charge < -0.3 is 9.73 Å². The molecule has 0 atom stereocenters. The van der Waals surface area contributed by atoms with Crippen molar-refractivity contribution < 1.29 is 4.42 Å². The summed E-state index contributed by atoms with van der Waals surface area (Å²) < 4.78 is 5.72. The number of nitrogens with zero attached hydrogens (tertiary/aromatic N) is 1. The maximum absolute atomic E-state index is 5.72. The molecule has 1 fully saturated rings. The van der Waals surface area contributed by atoms with Crippen molar-refractivity contribution >= 4 is 0 Å². The van der Waals surface area contributed by atoms with Gasteiger partial charge in [0.15, 0.2) is 0 Å². The monoisotopic (exact) mass is 278 g/mol. The van der Waals surface area contributed by atoms with E-state index in [1.165, 1.54) is 50.8 Å². The highest BCUT2D eigenvalue weighted by molar-refractivity contribution is 5.16. The molecular formula is C17H30N2O. The van der Waals surface area contributed by atoms with E-state index in [2.05, 4.69) is 30.1 Å². The molecule has 1 aliphatic rings. The Balaban J connectivity index is 1.83. The van der Waals surface area contributed by atoms with Crippen LogP contribution in [0.15, 0.2) is 16.7 Å². The van der Waals surface area contributed by atoms with Crippen LogP contribution in [0.3, 0.4) is 0 Å². The molecule has 0 bridgehead atoms. The minimum Gasteiger partial charge on any atom is -0.468 e. The number of likely N-dealkylation sites (tertiary alicyclic amines) is 1. The van der Waals surface area contributed by atoms with Crippen LogP contribution in [0.5, 0.6) is 0 Å². The van der Waals surface area contributed by atoms with Gasteiger partial charge in [-0.2, -0.15) is 0 Å². The molecular weight excluding hydrogens is 248 g/mol. The molecule has 114 valence electrons. The second-order valence-electron chi connectivity index (χ2n) is 6.44. The average molecular weight is 278 g/mol. The molecule has 1 aromatic heterocycles. The van der Waals surface area contributed by atoms with E-state index in [9.17, 15) is 0 Å². The standard InChI is InChI=1S/C17H30N2O/c1-15(2)12-18-13-16-8-11-20-17(16)14-19-9-6-4-3-5-7-10-19/h8,11,15,18H,3-7,9-10,12-14H2,1-2H3. The molecule has 0 aromatic carbocycles. The first-order valence-corrected chi connectivity index (χ1v) is 8.24. The zero-order valence-corrected chi connectivity index (χ0v) is 13.2. The van der Waals surface area contributed by atoms with Crippen LogP contribution in [0, 0.1) is 5.92 Å². The molecule has 0 saturated carbocycles. The lowest BCUT2D eigenvalue weighted by Gasteiger charge is -2.23. The highest BCUT2D eigenvalue weighted by atomic mass is 16.3. The molecule has 0 unspecified atom stereocenters. The van der Waals surface area contributed by atoms with Crippen molar-refractivity contribution in [2.45, 2.75) is 59.0 Å². The van der Waals surface area contributed by atoms with Gasteiger partial charge in [-0.25, -0.2) is 0 Å². The highest BCUT2D eigenvalue weighted by Crippen LogP contribution is 2.17. The molecule has 1 N–H and O–H groups in total. The average Bonchev–Trinajstić information content (AvgIpc) is 2.79. The predicted molar refractivity (Wildman–Crippen MR) is 83.6 cm³/mol. The summed E-state index contributed by atoms with van der Waals surface area (Å²) in [5.74, 6) is 1.85. The molecule has 1 aromatic rings. The maximum atomic E-state index is 5.72. The fourth-order valence-electron chi connectivity index (χ4n) is 2.83. The van der Waals surface area contributed by atoms with Crippen LogP contribution in [0.25, 0.3) is 0 Å². The number of rotatable bonds is 6. The van der Waals surface area contributed by atoms with Gasteiger partial charge >= 0.3 is 0 Å². The fraction of sp³-hybridized carbons (Fsp3) is 0.765. The summed E-state index contributed by atoms with van der Waals surface area (Å²) in [6.45, 7) is 9.89. The number of hydrogen-bond acceptors (Lipinski definition) is 3. The van der Waals surface area contributed by atoms with Gasteiger partial charge in [0.2, 0.25) is 0 Å². The van der Waals surface area contributed by atoms with E-state index in [1.54, 1.807) is 0 Å². The summed E-state index contributed by atoms with van der Waals surface area (Å²) in [5.41, 5.74) is 1.33. The van der Waals surface area contributed by atoms with Gasteiger partial charge in [0.25, 0.3) is 0 Å². The molecule has 0 spiro atoms. The van der Waals surface area contributed by atoms with Crippen molar-refractivity contribution in [1.82, 2.24) is 10.2 Å². The van der Waals surface area contributed by atoms with Crippen molar-refractivity contribution in [1.29, 1.82) is 0 Å². The Morgan fingerprint density at radius 2 is 1.85 bits per heavy atom. The second-order valence-corrected chi connectivity index (χ2v) is 6.44. The lowest BCUT2D eigenvalue weighted by molar-refractivity contribution is 0.221. The van der Waals surface area contributed by atoms with E-state index in [-0.39, 0.29) is 0 Å². The Bertz CT molecular complexity index is 365. The summed E-state index contributed by atoms with van der Waals surface area (Å²) in [6, 6.07) is 2.12. The summed E-state index contributed by atoms with van der Waals surface area (Å²) >= 11 is 0. The quantitative estimate of drug-likeness (QED) is 0.858. The van der Waals surface area contributed by atoms with E-state index in [1.807, 2.05) is 6.26 Å². The third kappa shape index (κ3) is 5.29. The van der Waals surface area contributed by atoms with Gasteiger partial charge in [-0.1, -0.05) is 33.1 Å². The molecule has 3 heteroatoms. The molecule has 20 heavy (non-hydrogen) atoms. The summed E-state index contributed by atoms with van der Waals surface area (Å²) in [7, 11) is 0. The molecule has 2 rings (SSSR count). The van der Waals surface area contributed by atoms with Crippen LogP contribution < -0.4 is 5.32 Å². The molecule has 0 amide bonds. The second kappa shape index (κ2) is 8.48. The van der Waals surface area contributed by atoms with Crippen LogP contribution in [-0.2, 0) is 13.1 Å². The molecule has 3 nitrogen and oxygen atoms in total. The van der Waals surface area contributed by atoms with E-state index in [0.29, 0.717) is 5.92 Å². The lowest BCUT2D eigenvalue weighted by atomic mass is 10.1. The minimum atomic E-state index is 0.694. The van der Waals surface area contributed by atoms with Crippen LogP contribution in [0.2, 0.25) is 0 Å². The van der Waals surface area contributed by atoms with Crippen molar-refractivity contribution in [3.63, 3.8) is 0 Å². The number of furan rings is 1. The van der Waals surface area contributed by atoms with E-state index in [0.717, 1.165) is 25.4 Å². The lowest BCUT2D eigenvalue weighted by Crippen LogP contribution is -2.27. The normalized spacial score (nSPS) is 18.1. The topological polar surface area (TPSA) is 28.4 Å². The Kier molecular flexibility index (Phi) is 6.61. The summed E-state index contributed by atoms with van der Waals surface area (Å²) in [6.07, 6.45) is 8.70. The first-order valence-electron chi connectivity index (χ1n) is 8.24. The van der Waals surface area contributed by atoms with Gasteiger partial charge in [-0.3, -0.25) is 4.90 Å². The van der Waals surface area contributed by atoms with Crippen LogP contribution in [-0.4, -0.2) is 24.5 Å². The van der Waals surface area contributed by atoms with Gasteiger partial charge in [-0.15, -0.1) is 0 Å². The zero-order valence-electron chi connectivity index (χ0n) is 13.2. The van der Waals surface area contributed by atoms with Crippen LogP contribution in [0.4, 0.5) is 0 Å². The summed E-state index contributed by atoms with van der Waals surface area (Å²) in [4.78, 5) is 2.56. The minimum absolute atomic E-state index is 0.694. The zero-order chi connectivity index (χ0) is 14.2. The Morgan fingerprint density at radius 1 is 1.15 bits per heavy atom. The van der Waals surface area contributed by atoms with Crippen molar-refractivity contribution in [3.05, 3.63) is 23.7 Å². The SMILES string of the molecule is CC(C)CNCc1ccoc1CN1CCCCCCC1. The maximum Gasteiger partial charge on any atom is 0.122 e. The van der Waals surface area contributed by atoms with Crippen LogP contribution in [0.1, 0.15) is 57.3 Å². The summed E-state index contributed by atoms with van der Waals surface area (Å²) in [5, 5.41) is 3.51. The van der Waals surface area contributed by atoms with Crippen molar-refractivity contribution in [3.8, 4) is 0 Å². The van der Waals surface area contributed by atoms with Gasteiger partial charge in [0.05, 0.1) is 12.8 Å². The number of nitrogens with one attached hydrogen (secondary N) is 1. The van der Waals surface area contributed by atoms with Gasteiger partial charge in [-0.05, 0) is 44.5 Å². The first kappa shape index (κ1) is 15.6. The molecule has 0 radical (unpaired) electrons. The van der Waals surface area contributed by atoms with Crippen LogP contribution >= 0.6 is 0 Å². The smallest absolute Gasteiger partial charge is 0.122 e. The number of hydrogen-bond donors (Lipinski definition) is 1. The predicted octanol–water partition coefficient (Wildman–Crippen LogP) is 3.79. The third-order valence-electron chi connectivity index (χ3n) is 4.02. The highest BCUT2D eigenvalue weighted by Gasteiger charge is 2.13. The van der Waals surface area contributed by atoms with Gasteiger partial charge in [0, 0.05) is 12.1 Å². The molecule has 0 aliphatic carbocycles. The Morgan fingerprint density at radius 3 is 2.55 bits per heavy atom. The third-order valence-corrected chi connectivity index (χ3v) is 4.02. The Hall–Kier alpha value is -0.800. The first-order chi connectivity index (χ1) is 9.75. The Labute approximate surface area is 123 Å². The van der Waals surface area contributed by atoms with E-state index in [4.69, 9.17) is 4.42 Å². The molecule has 1 saturated heterocycles. The molecule has 1 aliphatic heterocycles. The van der Waals surface area contributed by atoms with Crippen molar-refractivity contribution in [2.75, 3.05) is 19.6 Å². The van der Waals surface area contributed by atoms with Gasteiger partial charge in [0.1, 0.15) is 5.76 Å². The van der Waals surface area contributed by atoms with Crippen molar-refractivity contribution in [2.24, 2.45) is 5.92 Å². The molecule has 2 heterocycles. The van der Waals surface area contributed by atoms with E-state index < -0.39 is 0 Å². The largest absolute Gasteiger partial charge is 0.468 e.